The van der Waals surface area contributed by atoms with Gasteiger partial charge < -0.3 is 0 Å². The second-order valence-corrected chi connectivity index (χ2v) is 45.5. The van der Waals surface area contributed by atoms with E-state index >= 15 is 0 Å². The molecule has 8 rings (SSSR count). The van der Waals surface area contributed by atoms with E-state index in [1.54, 1.807) is 47.8 Å². The average molecular weight is 741 g/mol. The summed E-state index contributed by atoms with van der Waals surface area (Å²) in [5, 5.41) is 11.3. The molecule has 0 bridgehead atoms. The van der Waals surface area contributed by atoms with Gasteiger partial charge in [0.25, 0.3) is 0 Å². The van der Waals surface area contributed by atoms with Crippen LogP contribution in [-0.4, -0.2) is 8.38 Å². The van der Waals surface area contributed by atoms with Crippen LogP contribution in [0.15, 0.2) is 97.6 Å². The molecule has 0 saturated heterocycles. The molecule has 0 N–H and O–H groups in total. The third kappa shape index (κ3) is 4.01. The van der Waals surface area contributed by atoms with Crippen molar-refractivity contribution in [2.45, 2.75) is 6.92 Å². The Kier molecular flexibility index (Phi) is 5.79. The molecule has 0 amide bonds. The second-order valence-electron chi connectivity index (χ2n) is 10.0. The van der Waals surface area contributed by atoms with Crippen LogP contribution in [0.25, 0.3) is 43.6 Å². The van der Waals surface area contributed by atoms with Crippen molar-refractivity contribution in [2.24, 2.45) is 0 Å². The van der Waals surface area contributed by atoms with Crippen molar-refractivity contribution in [3.63, 3.8) is 0 Å². The van der Waals surface area contributed by atoms with Gasteiger partial charge in [-0.3, -0.25) is 0 Å². The molecule has 0 unspecified atom stereocenters. The predicted octanol–water partition coefficient (Wildman–Crippen LogP) is 7.67. The topological polar surface area (TPSA) is 39.3 Å². The van der Waals surface area contributed by atoms with E-state index < -0.39 is 8.38 Å². The van der Waals surface area contributed by atoms with E-state index in [0.29, 0.717) is 0 Å². The number of halogens is 8. The predicted molar refractivity (Wildman–Crippen MR) is 175 cm³/mol. The fourth-order valence-electron chi connectivity index (χ4n) is 5.69. The Morgan fingerprint density at radius 1 is 0.463 bits per heavy atom. The number of aromatic nitrogens is 4. The third-order valence-electron chi connectivity index (χ3n) is 7.32. The SMILES string of the molecule is CC#N.Cl[Si-2]1(Cl)(Cl)(Cl)[n+]2cccc3ccc4ccc[n+]1c4c32.Cl[Si-2]1(Cl)(Cl)(Cl)[n+]2cccc3ccc4ccc[n+]1c4c32. The summed E-state index contributed by atoms with van der Waals surface area (Å²) < 4.78 is -3.81. The molecule has 2 aliphatic rings. The minimum absolute atomic E-state index is 0.861. The fraction of sp³-hybridized carbons (Fsp3) is 0.0385. The normalized spacial score (nSPS) is 23.2. The van der Waals surface area contributed by atoms with Crippen molar-refractivity contribution in [1.82, 2.24) is 0 Å². The first-order valence-electron chi connectivity index (χ1n) is 12.2. The van der Waals surface area contributed by atoms with Gasteiger partial charge in [0.1, 0.15) is 0 Å². The molecular weight excluding hydrogens is 722 g/mol. The molecule has 15 heteroatoms. The number of benzene rings is 2. The summed E-state index contributed by atoms with van der Waals surface area (Å²) in [6.45, 7) is 1.43. The van der Waals surface area contributed by atoms with Crippen LogP contribution in [-0.2, 0) is 0 Å². The standard InChI is InChI=1S/2C12H8Cl4N2Si.C2H3N/c2*13-19(14,15,16)17-7-1-3-9-5-6-10-4-2-8-18(19)12(10)11(9)17;1-2-3/h2*1-8H;1H3. The molecule has 0 spiro atoms. The molecule has 0 atom stereocenters. The monoisotopic (exact) mass is 737 g/mol. The van der Waals surface area contributed by atoms with Gasteiger partial charge in [-0.15, -0.1) is 0 Å². The summed E-state index contributed by atoms with van der Waals surface area (Å²) in [6, 6.07) is 25.1. The van der Waals surface area contributed by atoms with Gasteiger partial charge >= 0.3 is 255 Å². The Balaban J connectivity index is 0.000000135. The van der Waals surface area contributed by atoms with E-state index in [1.165, 1.54) is 6.92 Å². The van der Waals surface area contributed by atoms with Crippen molar-refractivity contribution in [3.8, 4) is 6.07 Å². The van der Waals surface area contributed by atoms with E-state index in [4.69, 9.17) is 93.9 Å². The van der Waals surface area contributed by atoms with Crippen molar-refractivity contribution in [1.29, 1.82) is 5.26 Å². The summed E-state index contributed by atoms with van der Waals surface area (Å²) in [5.41, 5.74) is 3.44. The minimum atomic E-state index is -5.15. The average Bonchev–Trinajstić information content (AvgIpc) is 3.19. The van der Waals surface area contributed by atoms with Crippen LogP contribution >= 0.6 is 88.6 Å². The van der Waals surface area contributed by atoms with Crippen LogP contribution in [0.2, 0.25) is 0 Å². The van der Waals surface area contributed by atoms with Crippen molar-refractivity contribution in [2.75, 3.05) is 0 Å². The zero-order chi connectivity index (χ0) is 29.8. The first-order chi connectivity index (χ1) is 18.9. The molecule has 6 heterocycles. The van der Waals surface area contributed by atoms with Gasteiger partial charge in [0.05, 0.1) is 6.07 Å². The van der Waals surface area contributed by atoms with Crippen LogP contribution in [0.1, 0.15) is 6.92 Å². The number of hydrogen-bond donors (Lipinski definition) is 0. The zero-order valence-corrected chi connectivity index (χ0v) is 29.0. The third-order valence-corrected chi connectivity index (χ3v) is 21.3. The Hall–Kier alpha value is -1.68. The summed E-state index contributed by atoms with van der Waals surface area (Å²) >= 11 is 53.3. The van der Waals surface area contributed by atoms with Crippen LogP contribution in [0, 0.1) is 11.3 Å². The van der Waals surface area contributed by atoms with Gasteiger partial charge in [0.15, 0.2) is 0 Å². The van der Waals surface area contributed by atoms with Crippen LogP contribution < -0.4 is 16.9 Å². The maximum atomic E-state index is 7.32. The van der Waals surface area contributed by atoms with Crippen molar-refractivity contribution in [3.05, 3.63) is 97.6 Å². The second kappa shape index (κ2) is 8.07. The van der Waals surface area contributed by atoms with E-state index in [-0.39, 0.29) is 0 Å². The van der Waals surface area contributed by atoms with E-state index in [1.807, 2.05) is 72.8 Å². The van der Waals surface area contributed by atoms with Crippen molar-refractivity contribution >= 4 is 141 Å². The first kappa shape index (κ1) is 29.4. The number of pyridine rings is 4. The Bertz CT molecular complexity index is 1920. The van der Waals surface area contributed by atoms with Gasteiger partial charge in [-0.25, -0.2) is 0 Å². The Morgan fingerprint density at radius 3 is 0.854 bits per heavy atom. The van der Waals surface area contributed by atoms with Gasteiger partial charge in [0.2, 0.25) is 0 Å². The molecule has 0 radical (unpaired) electrons. The molecule has 212 valence electrons. The maximum absolute atomic E-state index is 7.32. The van der Waals surface area contributed by atoms with E-state index in [2.05, 4.69) is 0 Å². The van der Waals surface area contributed by atoms with Gasteiger partial charge in [-0.1, -0.05) is 0 Å². The number of rotatable bonds is 0. The Labute approximate surface area is 271 Å². The molecule has 5 nitrogen and oxygen atoms in total. The molecule has 0 fully saturated rings. The van der Waals surface area contributed by atoms with Gasteiger partial charge in [-0.2, -0.15) is 5.26 Å². The summed E-state index contributed by atoms with van der Waals surface area (Å²) in [6.07, 6.45) is 6.94. The molecule has 4 aromatic heterocycles. The number of nitrogens with zero attached hydrogens (tertiary/aromatic N) is 5. The number of hydrogen-bond acceptors (Lipinski definition) is 1. The molecule has 0 aliphatic carbocycles. The molecular formula is C26H19Cl8N5Si2. The quantitative estimate of drug-likeness (QED) is 0.0896. The number of nitriles is 1. The summed E-state index contributed by atoms with van der Waals surface area (Å²) in [4.78, 5) is 0. The molecule has 2 aromatic carbocycles. The van der Waals surface area contributed by atoms with E-state index in [9.17, 15) is 0 Å². The molecule has 0 saturated carbocycles. The van der Waals surface area contributed by atoms with Crippen LogP contribution in [0.4, 0.5) is 0 Å². The van der Waals surface area contributed by atoms with Crippen LogP contribution in [0.5, 0.6) is 0 Å². The van der Waals surface area contributed by atoms with Gasteiger partial charge in [0, 0.05) is 6.92 Å². The first-order valence-corrected chi connectivity index (χ1v) is 26.1. The molecule has 6 aromatic rings. The van der Waals surface area contributed by atoms with Crippen LogP contribution in [0.3, 0.4) is 0 Å². The summed E-state index contributed by atoms with van der Waals surface area (Å²) in [7, 11) is 0. The Morgan fingerprint density at radius 2 is 0.659 bits per heavy atom. The van der Waals surface area contributed by atoms with Gasteiger partial charge in [-0.05, 0) is 0 Å². The molecule has 2 aliphatic heterocycles. The zero-order valence-electron chi connectivity index (χ0n) is 21.0. The van der Waals surface area contributed by atoms with Crippen molar-refractivity contribution < 1.29 is 16.9 Å². The molecule has 41 heavy (non-hydrogen) atoms. The fourth-order valence-corrected chi connectivity index (χ4v) is 17.1. The summed E-state index contributed by atoms with van der Waals surface area (Å²) in [5.74, 6) is 0. The van der Waals surface area contributed by atoms with E-state index in [0.717, 1.165) is 43.6 Å².